The lowest BCUT2D eigenvalue weighted by molar-refractivity contribution is -0.237. The van der Waals surface area contributed by atoms with Crippen LogP contribution in [-0.2, 0) is 0 Å². The standard InChI is InChI=1S/C35H58O/c1-24-10-13-26(14-11-24)25(2)12-15-30-34(7)22-17-28-32(5)20-9-19-31(3,4)27(32)16-21-33(28,6)29(34)18-23-35(30,8)36/h10,14,25,27-30,36H,9,11-13,15-23H2,1-8H3/t25-,27+,28-,29+,30-,32+,33-,34+,35-/m1/s1. The topological polar surface area (TPSA) is 20.2 Å². The van der Waals surface area contributed by atoms with Crippen molar-refractivity contribution in [2.24, 2.45) is 51.2 Å². The van der Waals surface area contributed by atoms with Crippen LogP contribution in [-0.4, -0.2) is 10.7 Å². The van der Waals surface area contributed by atoms with Crippen LogP contribution in [0.3, 0.4) is 0 Å². The summed E-state index contributed by atoms with van der Waals surface area (Å²) in [6, 6.07) is 0. The van der Waals surface area contributed by atoms with Crippen LogP contribution < -0.4 is 0 Å². The van der Waals surface area contributed by atoms with Gasteiger partial charge in [-0.2, -0.15) is 0 Å². The molecule has 0 aromatic carbocycles. The zero-order valence-corrected chi connectivity index (χ0v) is 25.2. The van der Waals surface area contributed by atoms with Gasteiger partial charge in [0.05, 0.1) is 5.60 Å². The van der Waals surface area contributed by atoms with E-state index in [1.54, 1.807) is 5.57 Å². The number of allylic oxidation sites excluding steroid dienone is 4. The maximum Gasteiger partial charge on any atom is 0.0653 e. The summed E-state index contributed by atoms with van der Waals surface area (Å²) in [7, 11) is 0. The summed E-state index contributed by atoms with van der Waals surface area (Å²) >= 11 is 0. The van der Waals surface area contributed by atoms with E-state index in [2.05, 4.69) is 67.5 Å². The summed E-state index contributed by atoms with van der Waals surface area (Å²) in [5, 5.41) is 11.9. The highest BCUT2D eigenvalue weighted by Crippen LogP contribution is 2.74. The fourth-order valence-electron chi connectivity index (χ4n) is 11.9. The molecule has 0 spiro atoms. The Morgan fingerprint density at radius 2 is 1.39 bits per heavy atom. The largest absolute Gasteiger partial charge is 0.390 e. The second-order valence-corrected chi connectivity index (χ2v) is 16.3. The van der Waals surface area contributed by atoms with Crippen molar-refractivity contribution in [2.45, 2.75) is 144 Å². The first kappa shape index (κ1) is 27.0. The fourth-order valence-corrected chi connectivity index (χ4v) is 11.9. The highest BCUT2D eigenvalue weighted by Gasteiger charge is 2.67. The molecule has 0 radical (unpaired) electrons. The van der Waals surface area contributed by atoms with E-state index in [-0.39, 0.29) is 5.41 Å². The zero-order chi connectivity index (χ0) is 26.1. The molecule has 9 atom stereocenters. The van der Waals surface area contributed by atoms with Gasteiger partial charge in [0.25, 0.3) is 0 Å². The molecule has 5 rings (SSSR count). The Morgan fingerprint density at radius 1 is 0.778 bits per heavy atom. The van der Waals surface area contributed by atoms with E-state index < -0.39 is 5.60 Å². The van der Waals surface area contributed by atoms with Crippen LogP contribution in [0.2, 0.25) is 0 Å². The van der Waals surface area contributed by atoms with Gasteiger partial charge in [-0.1, -0.05) is 71.3 Å². The number of hydrogen-bond donors (Lipinski definition) is 1. The molecular weight excluding hydrogens is 436 g/mol. The summed E-state index contributed by atoms with van der Waals surface area (Å²) < 4.78 is 0. The van der Waals surface area contributed by atoms with Gasteiger partial charge in [0.2, 0.25) is 0 Å². The molecule has 0 amide bonds. The number of rotatable bonds is 4. The minimum absolute atomic E-state index is 0.275. The van der Waals surface area contributed by atoms with Gasteiger partial charge in [-0.15, -0.1) is 0 Å². The molecule has 0 saturated heterocycles. The highest BCUT2D eigenvalue weighted by atomic mass is 16.3. The van der Waals surface area contributed by atoms with Crippen LogP contribution >= 0.6 is 0 Å². The monoisotopic (exact) mass is 494 g/mol. The molecule has 1 heteroatoms. The number of hydrogen-bond acceptors (Lipinski definition) is 1. The van der Waals surface area contributed by atoms with Gasteiger partial charge in [-0.05, 0) is 142 Å². The van der Waals surface area contributed by atoms with Gasteiger partial charge in [-0.3, -0.25) is 0 Å². The molecule has 36 heavy (non-hydrogen) atoms. The molecule has 4 fully saturated rings. The number of aliphatic hydroxyl groups is 1. The van der Waals surface area contributed by atoms with Crippen molar-refractivity contribution in [3.63, 3.8) is 0 Å². The van der Waals surface area contributed by atoms with Crippen molar-refractivity contribution in [3.8, 4) is 0 Å². The maximum atomic E-state index is 11.9. The van der Waals surface area contributed by atoms with E-state index in [4.69, 9.17) is 0 Å². The van der Waals surface area contributed by atoms with Gasteiger partial charge in [0.1, 0.15) is 0 Å². The molecular formula is C35H58O. The molecule has 0 aliphatic heterocycles. The van der Waals surface area contributed by atoms with E-state index in [0.29, 0.717) is 28.1 Å². The quantitative estimate of drug-likeness (QED) is 0.385. The Morgan fingerprint density at radius 3 is 2.08 bits per heavy atom. The first-order chi connectivity index (χ1) is 16.7. The normalized spacial score (nSPS) is 49.1. The molecule has 1 nitrogen and oxygen atoms in total. The predicted molar refractivity (Wildman–Crippen MR) is 154 cm³/mol. The molecule has 0 unspecified atom stereocenters. The van der Waals surface area contributed by atoms with Crippen LogP contribution in [0.5, 0.6) is 0 Å². The van der Waals surface area contributed by atoms with Crippen LogP contribution in [0.1, 0.15) is 139 Å². The Hall–Kier alpha value is -0.560. The lowest BCUT2D eigenvalue weighted by atomic mass is 9.34. The molecule has 1 N–H and O–H groups in total. The van der Waals surface area contributed by atoms with E-state index in [1.807, 2.05) is 0 Å². The maximum absolute atomic E-state index is 11.9. The van der Waals surface area contributed by atoms with Gasteiger partial charge in [0, 0.05) is 0 Å². The van der Waals surface area contributed by atoms with Gasteiger partial charge < -0.3 is 5.11 Å². The molecule has 4 saturated carbocycles. The zero-order valence-electron chi connectivity index (χ0n) is 25.2. The first-order valence-electron chi connectivity index (χ1n) is 15.8. The molecule has 0 aromatic heterocycles. The van der Waals surface area contributed by atoms with Crippen molar-refractivity contribution in [1.82, 2.24) is 0 Å². The van der Waals surface area contributed by atoms with Crippen molar-refractivity contribution in [2.75, 3.05) is 0 Å². The molecule has 0 bridgehead atoms. The van der Waals surface area contributed by atoms with E-state index in [0.717, 1.165) is 37.0 Å². The van der Waals surface area contributed by atoms with Crippen LogP contribution in [0.15, 0.2) is 23.3 Å². The second-order valence-electron chi connectivity index (χ2n) is 16.3. The lowest BCUT2D eigenvalue weighted by Gasteiger charge is -2.71. The summed E-state index contributed by atoms with van der Waals surface area (Å²) in [4.78, 5) is 0. The van der Waals surface area contributed by atoms with Crippen molar-refractivity contribution >= 4 is 0 Å². The lowest BCUT2D eigenvalue weighted by Crippen LogP contribution is -2.65. The summed E-state index contributed by atoms with van der Waals surface area (Å²) in [6.07, 6.45) is 21.8. The third-order valence-electron chi connectivity index (χ3n) is 13.8. The average molecular weight is 495 g/mol. The summed E-state index contributed by atoms with van der Waals surface area (Å²) in [5.74, 6) is 3.60. The summed E-state index contributed by atoms with van der Waals surface area (Å²) in [5.41, 5.74) is 4.38. The second kappa shape index (κ2) is 8.99. The van der Waals surface area contributed by atoms with Crippen molar-refractivity contribution < 1.29 is 5.11 Å². The van der Waals surface area contributed by atoms with Crippen LogP contribution in [0.4, 0.5) is 0 Å². The van der Waals surface area contributed by atoms with Gasteiger partial charge in [-0.25, -0.2) is 0 Å². The first-order valence-corrected chi connectivity index (χ1v) is 15.8. The number of fused-ring (bicyclic) bond motifs is 5. The van der Waals surface area contributed by atoms with Gasteiger partial charge in [0.15, 0.2) is 0 Å². The van der Waals surface area contributed by atoms with E-state index in [9.17, 15) is 5.11 Å². The molecule has 0 heterocycles. The third kappa shape index (κ3) is 4.12. The Balaban J connectivity index is 1.39. The fraction of sp³-hybridized carbons (Fsp3) is 0.886. The molecule has 204 valence electrons. The van der Waals surface area contributed by atoms with Crippen LogP contribution in [0, 0.1) is 51.2 Å². The van der Waals surface area contributed by atoms with E-state index >= 15 is 0 Å². The minimum Gasteiger partial charge on any atom is -0.390 e. The predicted octanol–water partition coefficient (Wildman–Crippen LogP) is 9.90. The third-order valence-corrected chi connectivity index (χ3v) is 13.8. The van der Waals surface area contributed by atoms with Crippen molar-refractivity contribution in [1.29, 1.82) is 0 Å². The van der Waals surface area contributed by atoms with E-state index in [1.165, 1.54) is 69.8 Å². The van der Waals surface area contributed by atoms with Crippen LogP contribution in [0.25, 0.3) is 0 Å². The Bertz CT molecular complexity index is 906. The highest BCUT2D eigenvalue weighted by molar-refractivity contribution is 5.22. The minimum atomic E-state index is -0.514. The molecule has 0 aromatic rings. The average Bonchev–Trinajstić information content (AvgIpc) is 2.77. The Kier molecular flexibility index (Phi) is 6.75. The Labute approximate surface area is 224 Å². The SMILES string of the molecule is CC1=CCC([C@H](C)CC[C@@H]2[C@@]3(C)CC[C@H]4[C@@](C)(CC[C@H]5C(C)(C)CCC[C@]45C)[C@@H]3CC[C@@]2(C)O)=CC1. The molecule has 5 aliphatic rings. The summed E-state index contributed by atoms with van der Waals surface area (Å²) in [6.45, 7) is 20.1. The van der Waals surface area contributed by atoms with Gasteiger partial charge >= 0.3 is 0 Å². The smallest absolute Gasteiger partial charge is 0.0653 e. The van der Waals surface area contributed by atoms with Crippen molar-refractivity contribution in [3.05, 3.63) is 23.3 Å². The molecule has 5 aliphatic carbocycles.